The number of rotatable bonds is 4. The molecule has 0 aromatic heterocycles. The molecule has 0 unspecified atom stereocenters. The first kappa shape index (κ1) is 17.7. The third kappa shape index (κ3) is 3.63. The van der Waals surface area contributed by atoms with Crippen molar-refractivity contribution in [2.45, 2.75) is 31.7 Å². The molecule has 136 valence electrons. The zero-order valence-electron chi connectivity index (χ0n) is 14.9. The van der Waals surface area contributed by atoms with Gasteiger partial charge in [0.05, 0.1) is 13.0 Å². The molecule has 2 fully saturated rings. The number of ether oxygens (including phenoxy) is 1. The van der Waals surface area contributed by atoms with Gasteiger partial charge in [0.2, 0.25) is 5.91 Å². The van der Waals surface area contributed by atoms with Gasteiger partial charge in [0, 0.05) is 45.1 Å². The second-order valence-electron chi connectivity index (χ2n) is 6.98. The number of benzene rings is 1. The molecule has 6 heteroatoms. The molecule has 0 spiro atoms. The summed E-state index contributed by atoms with van der Waals surface area (Å²) in [6.07, 6.45) is 1.81. The number of carboxylic acids is 1. The van der Waals surface area contributed by atoms with Gasteiger partial charge in [0.25, 0.3) is 0 Å². The molecule has 0 radical (unpaired) electrons. The Morgan fingerprint density at radius 3 is 2.44 bits per heavy atom. The Bertz CT molecular complexity index is 640. The van der Waals surface area contributed by atoms with Crippen LogP contribution in [0.15, 0.2) is 24.3 Å². The number of hydrogen-bond donors (Lipinski definition) is 1. The van der Waals surface area contributed by atoms with Crippen molar-refractivity contribution in [3.63, 3.8) is 0 Å². The molecule has 2 heterocycles. The van der Waals surface area contributed by atoms with Crippen molar-refractivity contribution in [2.75, 3.05) is 33.3 Å². The van der Waals surface area contributed by atoms with Crippen LogP contribution in [-0.2, 0) is 9.59 Å². The smallest absolute Gasteiger partial charge is 0.308 e. The molecule has 25 heavy (non-hydrogen) atoms. The Hall–Kier alpha value is -2.08. The molecule has 0 bridgehead atoms. The Morgan fingerprint density at radius 2 is 1.84 bits per heavy atom. The molecule has 1 aromatic carbocycles. The highest BCUT2D eigenvalue weighted by molar-refractivity contribution is 5.73. The predicted molar refractivity (Wildman–Crippen MR) is 93.7 cm³/mol. The van der Waals surface area contributed by atoms with Gasteiger partial charge in [-0.25, -0.2) is 0 Å². The van der Waals surface area contributed by atoms with E-state index in [-0.39, 0.29) is 11.8 Å². The quantitative estimate of drug-likeness (QED) is 0.900. The van der Waals surface area contributed by atoms with Crippen LogP contribution in [-0.4, -0.2) is 66.1 Å². The highest BCUT2D eigenvalue weighted by atomic mass is 16.5. The van der Waals surface area contributed by atoms with Gasteiger partial charge in [-0.15, -0.1) is 0 Å². The second-order valence-corrected chi connectivity index (χ2v) is 6.98. The maximum atomic E-state index is 11.8. The summed E-state index contributed by atoms with van der Waals surface area (Å²) in [4.78, 5) is 27.5. The van der Waals surface area contributed by atoms with E-state index >= 15 is 0 Å². The predicted octanol–water partition coefficient (Wildman–Crippen LogP) is 1.81. The molecular weight excluding hydrogens is 320 g/mol. The molecule has 2 atom stereocenters. The van der Waals surface area contributed by atoms with Gasteiger partial charge in [-0.2, -0.15) is 0 Å². The lowest BCUT2D eigenvalue weighted by atomic mass is 9.88. The van der Waals surface area contributed by atoms with Gasteiger partial charge in [0.15, 0.2) is 0 Å². The van der Waals surface area contributed by atoms with Crippen LogP contribution in [0.3, 0.4) is 0 Å². The van der Waals surface area contributed by atoms with Crippen molar-refractivity contribution in [2.24, 2.45) is 5.92 Å². The first-order valence-electron chi connectivity index (χ1n) is 8.86. The highest BCUT2D eigenvalue weighted by Gasteiger charge is 2.42. The molecule has 2 aliphatic rings. The van der Waals surface area contributed by atoms with Crippen LogP contribution >= 0.6 is 0 Å². The minimum atomic E-state index is -0.750. The number of para-hydroxylation sites is 1. The first-order valence-corrected chi connectivity index (χ1v) is 8.86. The summed E-state index contributed by atoms with van der Waals surface area (Å²) in [6.45, 7) is 4.40. The average Bonchev–Trinajstić information content (AvgIpc) is 3.07. The van der Waals surface area contributed by atoms with E-state index in [4.69, 9.17) is 4.74 Å². The topological polar surface area (TPSA) is 70.1 Å². The molecule has 0 saturated carbocycles. The lowest BCUT2D eigenvalue weighted by molar-refractivity contribution is -0.141. The number of amides is 1. The van der Waals surface area contributed by atoms with E-state index in [1.165, 1.54) is 0 Å². The number of piperidine rings is 1. The minimum absolute atomic E-state index is 0.0699. The van der Waals surface area contributed by atoms with Crippen LogP contribution in [0.1, 0.15) is 31.2 Å². The summed E-state index contributed by atoms with van der Waals surface area (Å²) in [5.41, 5.74) is 0.973. The van der Waals surface area contributed by atoms with Gasteiger partial charge in [-0.3, -0.25) is 14.5 Å². The van der Waals surface area contributed by atoms with Crippen LogP contribution in [0.25, 0.3) is 0 Å². The number of carbonyl (C=O) groups is 2. The van der Waals surface area contributed by atoms with Gasteiger partial charge >= 0.3 is 5.97 Å². The number of carboxylic acid groups (broad SMARTS) is 1. The minimum Gasteiger partial charge on any atom is -0.496 e. The lowest BCUT2D eigenvalue weighted by Gasteiger charge is -2.36. The van der Waals surface area contributed by atoms with Gasteiger partial charge in [-0.05, 0) is 24.5 Å². The van der Waals surface area contributed by atoms with E-state index in [0.29, 0.717) is 12.6 Å². The number of methoxy groups -OCH3 is 1. The fourth-order valence-electron chi connectivity index (χ4n) is 4.22. The van der Waals surface area contributed by atoms with E-state index in [2.05, 4.69) is 4.90 Å². The molecule has 1 N–H and O–H groups in total. The number of nitrogens with zero attached hydrogens (tertiary/aromatic N) is 2. The van der Waals surface area contributed by atoms with Crippen molar-refractivity contribution in [3.05, 3.63) is 29.8 Å². The summed E-state index contributed by atoms with van der Waals surface area (Å²) < 4.78 is 5.45. The van der Waals surface area contributed by atoms with Crippen LogP contribution in [0.5, 0.6) is 5.75 Å². The Morgan fingerprint density at radius 1 is 1.16 bits per heavy atom. The summed E-state index contributed by atoms with van der Waals surface area (Å²) in [7, 11) is 1.62. The third-order valence-corrected chi connectivity index (χ3v) is 5.63. The van der Waals surface area contributed by atoms with Crippen molar-refractivity contribution in [3.8, 4) is 5.75 Å². The molecule has 3 rings (SSSR count). The normalized spacial score (nSPS) is 25.1. The lowest BCUT2D eigenvalue weighted by Crippen LogP contribution is -2.45. The van der Waals surface area contributed by atoms with Gasteiger partial charge < -0.3 is 14.7 Å². The van der Waals surface area contributed by atoms with Crippen molar-refractivity contribution >= 4 is 11.9 Å². The van der Waals surface area contributed by atoms with E-state index in [1.807, 2.05) is 29.2 Å². The Kier molecular flexibility index (Phi) is 5.27. The van der Waals surface area contributed by atoms with Crippen LogP contribution in [0.2, 0.25) is 0 Å². The van der Waals surface area contributed by atoms with E-state index in [0.717, 1.165) is 43.8 Å². The summed E-state index contributed by atoms with van der Waals surface area (Å²) in [5, 5.41) is 9.72. The standard InChI is InChI=1S/C19H26N2O4/c1-13(22)20-9-7-14(8-10-20)21-11-16(17(12-21)19(23)24)15-5-3-4-6-18(15)25-2/h3-6,14,16-17H,7-12H2,1-2H3,(H,23,24)/t16-,17+/m0/s1. The van der Waals surface area contributed by atoms with E-state index < -0.39 is 11.9 Å². The maximum absolute atomic E-state index is 11.8. The molecule has 1 aromatic rings. The monoisotopic (exact) mass is 346 g/mol. The van der Waals surface area contributed by atoms with Gasteiger partial charge in [-0.1, -0.05) is 18.2 Å². The largest absolute Gasteiger partial charge is 0.496 e. The average molecular weight is 346 g/mol. The van der Waals surface area contributed by atoms with Crippen LogP contribution < -0.4 is 4.74 Å². The zero-order valence-corrected chi connectivity index (χ0v) is 14.9. The molecule has 1 amide bonds. The van der Waals surface area contributed by atoms with E-state index in [9.17, 15) is 14.7 Å². The molecule has 6 nitrogen and oxygen atoms in total. The maximum Gasteiger partial charge on any atom is 0.308 e. The van der Waals surface area contributed by atoms with Crippen LogP contribution in [0, 0.1) is 5.92 Å². The summed E-state index contributed by atoms with van der Waals surface area (Å²) in [6, 6.07) is 8.05. The van der Waals surface area contributed by atoms with Crippen molar-refractivity contribution < 1.29 is 19.4 Å². The fraction of sp³-hybridized carbons (Fsp3) is 0.579. The molecular formula is C19H26N2O4. The summed E-state index contributed by atoms with van der Waals surface area (Å²) >= 11 is 0. The first-order chi connectivity index (χ1) is 12.0. The summed E-state index contributed by atoms with van der Waals surface area (Å²) in [5.74, 6) is -0.372. The van der Waals surface area contributed by atoms with Crippen LogP contribution in [0.4, 0.5) is 0 Å². The molecule has 2 saturated heterocycles. The van der Waals surface area contributed by atoms with Gasteiger partial charge in [0.1, 0.15) is 5.75 Å². The Labute approximate surface area is 148 Å². The third-order valence-electron chi connectivity index (χ3n) is 5.63. The van der Waals surface area contributed by atoms with E-state index in [1.54, 1.807) is 14.0 Å². The molecule has 0 aliphatic carbocycles. The zero-order chi connectivity index (χ0) is 18.0. The number of hydrogen-bond acceptors (Lipinski definition) is 4. The number of likely N-dealkylation sites (tertiary alicyclic amines) is 2. The van der Waals surface area contributed by atoms with Crippen molar-refractivity contribution in [1.29, 1.82) is 0 Å². The number of aliphatic carboxylic acids is 1. The number of carbonyl (C=O) groups excluding carboxylic acids is 1. The fourth-order valence-corrected chi connectivity index (χ4v) is 4.22. The molecule has 2 aliphatic heterocycles. The SMILES string of the molecule is COc1ccccc1[C@@H]1CN(C2CCN(C(C)=O)CC2)C[C@H]1C(=O)O. The second kappa shape index (κ2) is 7.44. The Balaban J connectivity index is 1.75. The van der Waals surface area contributed by atoms with Crippen molar-refractivity contribution in [1.82, 2.24) is 9.80 Å². The highest BCUT2D eigenvalue weighted by Crippen LogP contribution is 2.39.